The van der Waals surface area contributed by atoms with Gasteiger partial charge < -0.3 is 11.1 Å². The third kappa shape index (κ3) is 2.26. The number of nitrogens with one attached hydrogen (secondary N) is 1. The van der Waals surface area contributed by atoms with Gasteiger partial charge in [0.1, 0.15) is 10.8 Å². The largest absolute Gasteiger partial charge is 0.389 e. The van der Waals surface area contributed by atoms with E-state index in [2.05, 4.69) is 17.2 Å². The summed E-state index contributed by atoms with van der Waals surface area (Å²) < 4.78 is 0. The summed E-state index contributed by atoms with van der Waals surface area (Å²) in [5.41, 5.74) is 6.65. The summed E-state index contributed by atoms with van der Waals surface area (Å²) in [6.45, 7) is 2.21. The molecule has 1 aromatic heterocycles. The molecule has 1 aliphatic carbocycles. The average molecular weight is 221 g/mol. The van der Waals surface area contributed by atoms with Gasteiger partial charge in [0.05, 0.1) is 0 Å². The van der Waals surface area contributed by atoms with Gasteiger partial charge in [0.25, 0.3) is 0 Å². The molecule has 1 aromatic rings. The fourth-order valence-electron chi connectivity index (χ4n) is 1.79. The van der Waals surface area contributed by atoms with Crippen molar-refractivity contribution in [1.82, 2.24) is 4.98 Å². The second-order valence-electron chi connectivity index (χ2n) is 4.33. The molecule has 0 aliphatic heterocycles. The molecule has 80 valence electrons. The Balaban J connectivity index is 2.14. The fourth-order valence-corrected chi connectivity index (χ4v) is 1.92. The van der Waals surface area contributed by atoms with Crippen LogP contribution in [0.2, 0.25) is 0 Å². The van der Waals surface area contributed by atoms with Gasteiger partial charge in [-0.2, -0.15) is 0 Å². The Bertz CT molecular complexity index is 385. The minimum Gasteiger partial charge on any atom is -0.389 e. The van der Waals surface area contributed by atoms with E-state index in [0.717, 1.165) is 11.4 Å². The van der Waals surface area contributed by atoms with Crippen LogP contribution in [0.3, 0.4) is 0 Å². The van der Waals surface area contributed by atoms with Gasteiger partial charge >= 0.3 is 0 Å². The van der Waals surface area contributed by atoms with Crippen molar-refractivity contribution in [2.24, 2.45) is 5.73 Å². The summed E-state index contributed by atoms with van der Waals surface area (Å²) in [4.78, 5) is 4.68. The second kappa shape index (κ2) is 3.77. The van der Waals surface area contributed by atoms with Crippen molar-refractivity contribution in [1.29, 1.82) is 0 Å². The van der Waals surface area contributed by atoms with E-state index in [9.17, 15) is 0 Å². The molecule has 3 N–H and O–H groups in total. The number of hydrogen-bond donors (Lipinski definition) is 2. The van der Waals surface area contributed by atoms with E-state index < -0.39 is 0 Å². The molecule has 0 atom stereocenters. The minimum absolute atomic E-state index is 0.210. The highest BCUT2D eigenvalue weighted by Crippen LogP contribution is 2.34. The van der Waals surface area contributed by atoms with E-state index in [4.69, 9.17) is 18.0 Å². The van der Waals surface area contributed by atoms with Gasteiger partial charge in [-0.1, -0.05) is 12.2 Å². The topological polar surface area (TPSA) is 50.9 Å². The number of rotatable bonds is 3. The Morgan fingerprint density at radius 1 is 1.60 bits per heavy atom. The van der Waals surface area contributed by atoms with Crippen molar-refractivity contribution >= 4 is 23.0 Å². The summed E-state index contributed by atoms with van der Waals surface area (Å²) in [6, 6.07) is 3.74. The zero-order valence-electron chi connectivity index (χ0n) is 8.79. The van der Waals surface area contributed by atoms with Crippen LogP contribution in [0, 0.1) is 0 Å². The Hall–Kier alpha value is -1.16. The summed E-state index contributed by atoms with van der Waals surface area (Å²) in [5, 5.41) is 3.42. The van der Waals surface area contributed by atoms with Crippen LogP contribution in [0.15, 0.2) is 18.3 Å². The van der Waals surface area contributed by atoms with Crippen LogP contribution in [0.1, 0.15) is 31.7 Å². The first-order valence-electron chi connectivity index (χ1n) is 5.13. The van der Waals surface area contributed by atoms with Crippen molar-refractivity contribution in [3.8, 4) is 0 Å². The van der Waals surface area contributed by atoms with Crippen LogP contribution < -0.4 is 11.1 Å². The predicted molar refractivity (Wildman–Crippen MR) is 66.0 cm³/mol. The maximum atomic E-state index is 5.57. The quantitative estimate of drug-likeness (QED) is 0.767. The molecule has 15 heavy (non-hydrogen) atoms. The van der Waals surface area contributed by atoms with Gasteiger partial charge in [-0.05, 0) is 38.3 Å². The molecule has 1 aliphatic rings. The summed E-state index contributed by atoms with van der Waals surface area (Å²) in [7, 11) is 0. The molecule has 1 fully saturated rings. The third-order valence-corrected chi connectivity index (χ3v) is 3.17. The maximum Gasteiger partial charge on any atom is 0.126 e. The van der Waals surface area contributed by atoms with E-state index in [1.54, 1.807) is 6.20 Å². The monoisotopic (exact) mass is 221 g/mol. The maximum absolute atomic E-state index is 5.57. The molecule has 0 saturated heterocycles. The molecule has 0 unspecified atom stereocenters. The Kier molecular flexibility index (Phi) is 2.61. The Morgan fingerprint density at radius 2 is 2.33 bits per heavy atom. The Labute approximate surface area is 95.1 Å². The first kappa shape index (κ1) is 10.4. The highest BCUT2D eigenvalue weighted by atomic mass is 32.1. The predicted octanol–water partition coefficient (Wildman–Crippen LogP) is 2.07. The van der Waals surface area contributed by atoms with Crippen LogP contribution in [0.4, 0.5) is 5.82 Å². The summed E-state index contributed by atoms with van der Waals surface area (Å²) in [5.74, 6) is 0.863. The first-order chi connectivity index (χ1) is 7.09. The van der Waals surface area contributed by atoms with Crippen molar-refractivity contribution in [3.63, 3.8) is 0 Å². The number of anilines is 1. The number of hydrogen-bond acceptors (Lipinski definition) is 3. The lowest BCUT2D eigenvalue weighted by molar-refractivity contribution is 0.306. The molecule has 4 heteroatoms. The second-order valence-corrected chi connectivity index (χ2v) is 4.77. The normalized spacial score (nSPS) is 17.9. The molecule has 0 spiro atoms. The summed E-state index contributed by atoms with van der Waals surface area (Å²) in [6.07, 6.45) is 5.43. The molecular weight excluding hydrogens is 206 g/mol. The average Bonchev–Trinajstić information content (AvgIpc) is 2.16. The van der Waals surface area contributed by atoms with Crippen molar-refractivity contribution in [3.05, 3.63) is 23.9 Å². The molecule has 0 radical (unpaired) electrons. The number of pyridine rings is 1. The molecule has 2 rings (SSSR count). The van der Waals surface area contributed by atoms with E-state index in [1.165, 1.54) is 19.3 Å². The van der Waals surface area contributed by atoms with Gasteiger partial charge in [-0.15, -0.1) is 0 Å². The van der Waals surface area contributed by atoms with E-state index in [1.807, 2.05) is 12.1 Å². The van der Waals surface area contributed by atoms with Crippen molar-refractivity contribution in [2.75, 3.05) is 5.32 Å². The van der Waals surface area contributed by atoms with Gasteiger partial charge in [-0.25, -0.2) is 4.98 Å². The highest BCUT2D eigenvalue weighted by Gasteiger charge is 2.31. The lowest BCUT2D eigenvalue weighted by Crippen LogP contribution is -2.41. The Morgan fingerprint density at radius 3 is 2.87 bits per heavy atom. The zero-order valence-corrected chi connectivity index (χ0v) is 9.60. The van der Waals surface area contributed by atoms with Gasteiger partial charge in [0.2, 0.25) is 0 Å². The fraction of sp³-hybridized carbons (Fsp3) is 0.455. The van der Waals surface area contributed by atoms with Crippen molar-refractivity contribution in [2.45, 2.75) is 31.7 Å². The standard InChI is InChI=1S/C11H15N3S/c1-11(4-2-5-11)14-9-7-8(10(12)15)3-6-13-9/h3,6-7H,2,4-5H2,1H3,(H2,12,15)(H,13,14). The smallest absolute Gasteiger partial charge is 0.126 e. The van der Waals surface area contributed by atoms with Crippen LogP contribution in [-0.4, -0.2) is 15.5 Å². The molecule has 0 aromatic carbocycles. The lowest BCUT2D eigenvalue weighted by atomic mass is 9.78. The summed E-state index contributed by atoms with van der Waals surface area (Å²) >= 11 is 4.93. The molecule has 3 nitrogen and oxygen atoms in total. The lowest BCUT2D eigenvalue weighted by Gasteiger charge is -2.39. The molecule has 1 saturated carbocycles. The third-order valence-electron chi connectivity index (χ3n) is 2.93. The number of aromatic nitrogens is 1. The van der Waals surface area contributed by atoms with E-state index >= 15 is 0 Å². The van der Waals surface area contributed by atoms with Crippen LogP contribution in [0.5, 0.6) is 0 Å². The highest BCUT2D eigenvalue weighted by molar-refractivity contribution is 7.80. The number of nitrogens with zero attached hydrogens (tertiary/aromatic N) is 1. The van der Waals surface area contributed by atoms with Gasteiger partial charge in [0, 0.05) is 17.3 Å². The zero-order chi connectivity index (χ0) is 10.9. The van der Waals surface area contributed by atoms with Crippen LogP contribution in [0.25, 0.3) is 0 Å². The van der Waals surface area contributed by atoms with E-state index in [-0.39, 0.29) is 5.54 Å². The van der Waals surface area contributed by atoms with Gasteiger partial charge in [-0.3, -0.25) is 0 Å². The SMILES string of the molecule is CC1(Nc2cc(C(N)=S)ccn2)CCC1. The van der Waals surface area contributed by atoms with E-state index in [0.29, 0.717) is 4.99 Å². The van der Waals surface area contributed by atoms with Crippen molar-refractivity contribution < 1.29 is 0 Å². The molecule has 0 amide bonds. The molecular formula is C11H15N3S. The number of thiocarbonyl (C=S) groups is 1. The number of nitrogens with two attached hydrogens (primary N) is 1. The first-order valence-corrected chi connectivity index (χ1v) is 5.54. The molecule has 1 heterocycles. The van der Waals surface area contributed by atoms with Crippen LogP contribution >= 0.6 is 12.2 Å². The van der Waals surface area contributed by atoms with Crippen LogP contribution in [-0.2, 0) is 0 Å². The van der Waals surface area contributed by atoms with Gasteiger partial charge in [0.15, 0.2) is 0 Å². The molecule has 0 bridgehead atoms. The minimum atomic E-state index is 0.210.